The highest BCUT2D eigenvalue weighted by atomic mass is 19.1. The summed E-state index contributed by atoms with van der Waals surface area (Å²) < 4.78 is 24.7. The molecule has 2 heterocycles. The molecule has 3 N–H and O–H groups in total. The fraction of sp³-hybridized carbons (Fsp3) is 0.346. The van der Waals surface area contributed by atoms with Gasteiger partial charge in [0.25, 0.3) is 0 Å². The van der Waals surface area contributed by atoms with Crippen molar-refractivity contribution in [1.82, 2.24) is 10.1 Å². The third kappa shape index (κ3) is 5.93. The first-order valence-electron chi connectivity index (χ1n) is 11.9. The van der Waals surface area contributed by atoms with Crippen LogP contribution in [0.1, 0.15) is 50.0 Å². The molecule has 2 aromatic heterocycles. The summed E-state index contributed by atoms with van der Waals surface area (Å²) in [6.07, 6.45) is 2.34. The average Bonchev–Trinajstić information content (AvgIpc) is 3.24. The normalized spacial score (nSPS) is 18.0. The Morgan fingerprint density at radius 3 is 2.51 bits per heavy atom. The lowest BCUT2D eigenvalue weighted by Gasteiger charge is -2.27. The highest BCUT2D eigenvalue weighted by molar-refractivity contribution is 5.95. The van der Waals surface area contributed by atoms with Crippen LogP contribution >= 0.6 is 0 Å². The highest BCUT2D eigenvalue weighted by Gasteiger charge is 2.35. The number of anilines is 2. The zero-order valence-corrected chi connectivity index (χ0v) is 20.4. The second-order valence-electron chi connectivity index (χ2n) is 8.92. The van der Waals surface area contributed by atoms with Crippen molar-refractivity contribution in [2.24, 2.45) is 11.8 Å². The van der Waals surface area contributed by atoms with E-state index in [-0.39, 0.29) is 22.9 Å². The summed E-state index contributed by atoms with van der Waals surface area (Å²) in [4.78, 5) is 41.0. The van der Waals surface area contributed by atoms with Gasteiger partial charge in [0.05, 0.1) is 23.7 Å². The van der Waals surface area contributed by atoms with Crippen molar-refractivity contribution >= 4 is 29.3 Å². The number of ether oxygens (including phenoxy) is 1. The van der Waals surface area contributed by atoms with Gasteiger partial charge in [-0.1, -0.05) is 36.2 Å². The summed E-state index contributed by atoms with van der Waals surface area (Å²) in [7, 11) is 0. The molecule has 11 heteroatoms. The van der Waals surface area contributed by atoms with Crippen LogP contribution in [0.2, 0.25) is 0 Å². The number of halogens is 1. The fourth-order valence-corrected chi connectivity index (χ4v) is 4.43. The number of carboxylic acids is 1. The Bertz CT molecular complexity index is 1290. The van der Waals surface area contributed by atoms with Gasteiger partial charge in [0, 0.05) is 5.56 Å². The van der Waals surface area contributed by atoms with Crippen LogP contribution in [0.5, 0.6) is 0 Å². The molecule has 0 radical (unpaired) electrons. The molecular weight excluding hydrogens is 483 g/mol. The highest BCUT2D eigenvalue weighted by Crippen LogP contribution is 2.33. The number of aliphatic carboxylic acids is 1. The maximum atomic E-state index is 14.0. The number of pyridine rings is 1. The van der Waals surface area contributed by atoms with Crippen LogP contribution < -0.4 is 10.6 Å². The van der Waals surface area contributed by atoms with Crippen LogP contribution in [0.3, 0.4) is 0 Å². The Hall–Kier alpha value is -4.28. The van der Waals surface area contributed by atoms with E-state index in [4.69, 9.17) is 9.26 Å². The number of hydrogen-bond acceptors (Lipinski definition) is 7. The number of carbonyl (C=O) groups excluding carboxylic acids is 2. The third-order valence-electron chi connectivity index (χ3n) is 6.40. The lowest BCUT2D eigenvalue weighted by atomic mass is 9.78. The number of aryl methyl sites for hydroxylation is 1. The molecule has 4 rings (SSSR count). The SMILES string of the molecule is Cc1noc(-c2ccc(NC(=O)[C@H]3CCCC[C@@H]3C(=O)O)cn2)c1NC(=O)OC(C)c1ccccc1F. The number of carbonyl (C=O) groups is 3. The minimum atomic E-state index is -0.962. The summed E-state index contributed by atoms with van der Waals surface area (Å²) in [6.45, 7) is 3.18. The molecule has 10 nitrogen and oxygen atoms in total. The van der Waals surface area contributed by atoms with E-state index in [2.05, 4.69) is 20.8 Å². The second kappa shape index (κ2) is 11.2. The van der Waals surface area contributed by atoms with Crippen molar-refractivity contribution in [3.05, 3.63) is 59.7 Å². The number of nitrogens with one attached hydrogen (secondary N) is 2. The van der Waals surface area contributed by atoms with Crippen LogP contribution in [0, 0.1) is 24.6 Å². The summed E-state index contributed by atoms with van der Waals surface area (Å²) in [5.74, 6) is -2.93. The van der Waals surface area contributed by atoms with Crippen molar-refractivity contribution < 1.29 is 33.1 Å². The van der Waals surface area contributed by atoms with E-state index in [9.17, 15) is 23.9 Å². The van der Waals surface area contributed by atoms with Crippen LogP contribution in [-0.2, 0) is 14.3 Å². The number of nitrogens with zero attached hydrogens (tertiary/aromatic N) is 2. The number of amides is 2. The molecule has 0 aliphatic heterocycles. The van der Waals surface area contributed by atoms with Gasteiger partial charge in [-0.05, 0) is 44.9 Å². The number of hydrogen-bond donors (Lipinski definition) is 3. The number of carboxylic acid groups (broad SMARTS) is 1. The molecule has 1 aliphatic rings. The first-order chi connectivity index (χ1) is 17.7. The Kier molecular flexibility index (Phi) is 7.80. The molecule has 37 heavy (non-hydrogen) atoms. The smallest absolute Gasteiger partial charge is 0.412 e. The van der Waals surface area contributed by atoms with Crippen LogP contribution in [0.4, 0.5) is 20.6 Å². The Morgan fingerprint density at radius 1 is 1.11 bits per heavy atom. The Morgan fingerprint density at radius 2 is 1.84 bits per heavy atom. The molecule has 1 saturated carbocycles. The summed E-state index contributed by atoms with van der Waals surface area (Å²) in [5, 5.41) is 18.6. The second-order valence-corrected chi connectivity index (χ2v) is 8.92. The van der Waals surface area contributed by atoms with Gasteiger partial charge in [0.15, 0.2) is 0 Å². The van der Waals surface area contributed by atoms with Crippen LogP contribution in [-0.4, -0.2) is 33.2 Å². The molecule has 3 aromatic rings. The first-order valence-corrected chi connectivity index (χ1v) is 11.9. The fourth-order valence-electron chi connectivity index (χ4n) is 4.43. The zero-order valence-electron chi connectivity index (χ0n) is 20.4. The molecule has 1 fully saturated rings. The maximum Gasteiger partial charge on any atom is 0.412 e. The van der Waals surface area contributed by atoms with Gasteiger partial charge in [0.1, 0.15) is 29.0 Å². The van der Waals surface area contributed by atoms with Crippen molar-refractivity contribution in [3.8, 4) is 11.5 Å². The Labute approximate surface area is 212 Å². The summed E-state index contributed by atoms with van der Waals surface area (Å²) in [5.41, 5.74) is 1.58. The van der Waals surface area contributed by atoms with E-state index in [0.717, 1.165) is 12.8 Å². The zero-order chi connectivity index (χ0) is 26.5. The minimum Gasteiger partial charge on any atom is -0.481 e. The largest absolute Gasteiger partial charge is 0.481 e. The average molecular weight is 511 g/mol. The molecule has 0 bridgehead atoms. The molecule has 2 amide bonds. The van der Waals surface area contributed by atoms with Crippen LogP contribution in [0.25, 0.3) is 11.5 Å². The molecule has 1 aliphatic carbocycles. The van der Waals surface area contributed by atoms with Gasteiger partial charge >= 0.3 is 12.1 Å². The topological polar surface area (TPSA) is 144 Å². The molecule has 3 atom stereocenters. The van der Waals surface area contributed by atoms with E-state index in [1.807, 2.05) is 0 Å². The van der Waals surface area contributed by atoms with E-state index in [1.165, 1.54) is 18.3 Å². The number of benzene rings is 1. The Balaban J connectivity index is 1.43. The van der Waals surface area contributed by atoms with Crippen molar-refractivity contribution in [3.63, 3.8) is 0 Å². The molecule has 1 aromatic carbocycles. The van der Waals surface area contributed by atoms with E-state index in [0.29, 0.717) is 29.9 Å². The van der Waals surface area contributed by atoms with Crippen molar-refractivity contribution in [1.29, 1.82) is 0 Å². The van der Waals surface area contributed by atoms with Crippen molar-refractivity contribution in [2.45, 2.75) is 45.6 Å². The lowest BCUT2D eigenvalue weighted by Crippen LogP contribution is -2.36. The van der Waals surface area contributed by atoms with E-state index < -0.39 is 35.8 Å². The number of aromatic nitrogens is 2. The van der Waals surface area contributed by atoms with E-state index >= 15 is 0 Å². The van der Waals surface area contributed by atoms with Gasteiger partial charge in [-0.15, -0.1) is 0 Å². The van der Waals surface area contributed by atoms with Gasteiger partial charge < -0.3 is 19.7 Å². The molecule has 1 unspecified atom stereocenters. The quantitative estimate of drug-likeness (QED) is 0.387. The van der Waals surface area contributed by atoms with Crippen molar-refractivity contribution in [2.75, 3.05) is 10.6 Å². The maximum absolute atomic E-state index is 14.0. The predicted molar refractivity (Wildman–Crippen MR) is 131 cm³/mol. The third-order valence-corrected chi connectivity index (χ3v) is 6.40. The predicted octanol–water partition coefficient (Wildman–Crippen LogP) is 5.32. The standard InChI is InChI=1S/C26H27FN4O6/c1-14-22(30-26(35)36-15(2)17-7-5-6-10-20(17)27)23(37-31-14)21-12-11-16(13-28-21)29-24(32)18-8-3-4-9-19(18)25(33)34/h5-7,10-13,15,18-19H,3-4,8-9H2,1-2H3,(H,29,32)(H,30,35)(H,33,34)/t15?,18-,19-/m0/s1. The molecule has 0 spiro atoms. The van der Waals surface area contributed by atoms with E-state index in [1.54, 1.807) is 38.1 Å². The number of rotatable bonds is 7. The van der Waals surface area contributed by atoms with Crippen LogP contribution in [0.15, 0.2) is 47.1 Å². The molecule has 194 valence electrons. The first kappa shape index (κ1) is 25.8. The van der Waals surface area contributed by atoms with Gasteiger partial charge in [-0.2, -0.15) is 0 Å². The van der Waals surface area contributed by atoms with Gasteiger partial charge in [0.2, 0.25) is 11.7 Å². The molecular formula is C26H27FN4O6. The van der Waals surface area contributed by atoms with Gasteiger partial charge in [-0.25, -0.2) is 9.18 Å². The lowest BCUT2D eigenvalue weighted by molar-refractivity contribution is -0.147. The summed E-state index contributed by atoms with van der Waals surface area (Å²) >= 11 is 0. The monoisotopic (exact) mass is 510 g/mol. The minimum absolute atomic E-state index is 0.170. The van der Waals surface area contributed by atoms with Gasteiger partial charge in [-0.3, -0.25) is 19.9 Å². The molecule has 0 saturated heterocycles. The summed E-state index contributed by atoms with van der Waals surface area (Å²) in [6, 6.07) is 9.18.